The summed E-state index contributed by atoms with van der Waals surface area (Å²) in [5.74, 6) is -3.76. The average molecular weight is 395 g/mol. The lowest BCUT2D eigenvalue weighted by molar-refractivity contribution is -0.148. The van der Waals surface area contributed by atoms with Gasteiger partial charge in [0.2, 0.25) is 17.7 Å². The number of primary amides is 1. The Hall–Kier alpha value is -2.97. The monoisotopic (exact) mass is 395 g/mol. The van der Waals surface area contributed by atoms with E-state index in [0.717, 1.165) is 0 Å². The fraction of sp³-hybridized carbons (Fsp3) is 0.474. The van der Waals surface area contributed by atoms with E-state index < -0.39 is 47.5 Å². The zero-order valence-corrected chi connectivity index (χ0v) is 16.2. The van der Waals surface area contributed by atoms with Gasteiger partial charge in [0.1, 0.15) is 17.9 Å². The number of carbonyl (C=O) groups excluding carboxylic acids is 4. The Morgan fingerprint density at radius 2 is 1.79 bits per heavy atom. The second kappa shape index (κ2) is 11.0. The highest BCUT2D eigenvalue weighted by Gasteiger charge is 2.29. The van der Waals surface area contributed by atoms with E-state index in [1.54, 1.807) is 19.9 Å². The first-order valence-corrected chi connectivity index (χ1v) is 8.92. The van der Waals surface area contributed by atoms with Crippen LogP contribution in [0, 0.1) is 11.7 Å². The van der Waals surface area contributed by atoms with Gasteiger partial charge in [-0.2, -0.15) is 0 Å². The molecule has 8 nitrogen and oxygen atoms in total. The first kappa shape index (κ1) is 23.1. The fourth-order valence-corrected chi connectivity index (χ4v) is 2.59. The van der Waals surface area contributed by atoms with Crippen molar-refractivity contribution in [1.82, 2.24) is 10.6 Å². The topological polar surface area (TPSA) is 128 Å². The zero-order valence-electron chi connectivity index (χ0n) is 16.2. The Morgan fingerprint density at radius 1 is 1.14 bits per heavy atom. The summed E-state index contributed by atoms with van der Waals surface area (Å²) in [6, 6.07) is 3.58. The van der Waals surface area contributed by atoms with Gasteiger partial charge < -0.3 is 21.1 Å². The molecule has 0 bridgehead atoms. The average Bonchev–Trinajstić information content (AvgIpc) is 2.61. The third-order valence-corrected chi connectivity index (χ3v) is 4.01. The summed E-state index contributed by atoms with van der Waals surface area (Å²) in [5.41, 5.74) is 5.56. The van der Waals surface area contributed by atoms with Crippen molar-refractivity contribution >= 4 is 23.7 Å². The third-order valence-electron chi connectivity index (χ3n) is 4.01. The van der Waals surface area contributed by atoms with Gasteiger partial charge in [0, 0.05) is 13.3 Å². The first-order valence-electron chi connectivity index (χ1n) is 8.92. The van der Waals surface area contributed by atoms with Gasteiger partial charge in [0.15, 0.2) is 0 Å². The minimum absolute atomic E-state index is 0.0631. The second-order valence-electron chi connectivity index (χ2n) is 6.40. The van der Waals surface area contributed by atoms with Crippen molar-refractivity contribution < 1.29 is 28.3 Å². The van der Waals surface area contributed by atoms with E-state index in [1.165, 1.54) is 25.1 Å². The van der Waals surface area contributed by atoms with Gasteiger partial charge in [0.05, 0.1) is 12.5 Å². The number of carbonyl (C=O) groups is 4. The van der Waals surface area contributed by atoms with Crippen LogP contribution in [0.3, 0.4) is 0 Å². The van der Waals surface area contributed by atoms with E-state index in [9.17, 15) is 23.6 Å². The van der Waals surface area contributed by atoms with Gasteiger partial charge in [0.25, 0.3) is 0 Å². The molecule has 0 saturated carbocycles. The number of hydrogen-bond donors (Lipinski definition) is 3. The van der Waals surface area contributed by atoms with Crippen molar-refractivity contribution in [1.29, 1.82) is 0 Å². The molecule has 3 atom stereocenters. The van der Waals surface area contributed by atoms with Crippen LogP contribution in [0.2, 0.25) is 0 Å². The Labute approximate surface area is 163 Å². The summed E-state index contributed by atoms with van der Waals surface area (Å²) < 4.78 is 18.8. The summed E-state index contributed by atoms with van der Waals surface area (Å²) in [4.78, 5) is 47.5. The molecule has 0 radical (unpaired) electrons. The number of nitrogens with two attached hydrogens (primary N) is 1. The second-order valence-corrected chi connectivity index (χ2v) is 6.40. The van der Waals surface area contributed by atoms with Gasteiger partial charge in [-0.25, -0.2) is 4.39 Å². The van der Waals surface area contributed by atoms with E-state index in [1.807, 2.05) is 0 Å². The first-order chi connectivity index (χ1) is 13.1. The van der Waals surface area contributed by atoms with Gasteiger partial charge in [-0.05, 0) is 25.0 Å². The lowest BCUT2D eigenvalue weighted by Crippen LogP contribution is -2.54. The molecule has 0 unspecified atom stereocenters. The molecule has 0 saturated heterocycles. The molecular weight excluding hydrogens is 369 g/mol. The van der Waals surface area contributed by atoms with Gasteiger partial charge >= 0.3 is 5.97 Å². The molecule has 3 amide bonds. The molecule has 1 rings (SSSR count). The molecule has 28 heavy (non-hydrogen) atoms. The van der Waals surface area contributed by atoms with Crippen molar-refractivity contribution in [3.05, 3.63) is 35.6 Å². The standard InChI is InChI=1S/C19H26FN3O5/c1-4-28-19(27)11(2)9-15(17(21)25)23-18(26)16(22-12(3)24)10-13-7-5-6-8-14(13)20/h5-8,11,15-16H,4,9-10H2,1-3H3,(H2,21,25)(H,22,24)(H,23,26)/t11-,15+,16-/m1/s1. The summed E-state index contributed by atoms with van der Waals surface area (Å²) in [6.07, 6.45) is -0.177. The Kier molecular flexibility index (Phi) is 9.07. The molecule has 0 aliphatic carbocycles. The molecule has 1 aromatic carbocycles. The lowest BCUT2D eigenvalue weighted by atomic mass is 10.00. The van der Waals surface area contributed by atoms with Crippen LogP contribution in [0.5, 0.6) is 0 Å². The molecule has 0 aromatic heterocycles. The van der Waals surface area contributed by atoms with Gasteiger partial charge in [-0.3, -0.25) is 19.2 Å². The van der Waals surface area contributed by atoms with E-state index in [2.05, 4.69) is 10.6 Å². The molecule has 154 valence electrons. The van der Waals surface area contributed by atoms with Crippen LogP contribution < -0.4 is 16.4 Å². The van der Waals surface area contributed by atoms with Crippen LogP contribution in [0.1, 0.15) is 32.8 Å². The predicted molar refractivity (Wildman–Crippen MR) is 99.2 cm³/mol. The van der Waals surface area contributed by atoms with Crippen molar-refractivity contribution in [3.8, 4) is 0 Å². The summed E-state index contributed by atoms with van der Waals surface area (Å²) >= 11 is 0. The molecule has 9 heteroatoms. The predicted octanol–water partition coefficient (Wildman–Crippen LogP) is 0.432. The van der Waals surface area contributed by atoms with E-state index in [4.69, 9.17) is 10.5 Å². The molecule has 0 spiro atoms. The van der Waals surface area contributed by atoms with Crippen molar-refractivity contribution in [2.24, 2.45) is 11.7 Å². The van der Waals surface area contributed by atoms with E-state index in [0.29, 0.717) is 0 Å². The molecular formula is C19H26FN3O5. The Bertz CT molecular complexity index is 725. The number of rotatable bonds is 10. The number of halogens is 1. The Balaban J connectivity index is 2.90. The molecule has 0 fully saturated rings. The zero-order chi connectivity index (χ0) is 21.3. The highest BCUT2D eigenvalue weighted by atomic mass is 19.1. The Morgan fingerprint density at radius 3 is 2.32 bits per heavy atom. The number of benzene rings is 1. The summed E-state index contributed by atoms with van der Waals surface area (Å²) in [5, 5.41) is 4.87. The number of amides is 3. The molecule has 1 aromatic rings. The number of esters is 1. The maximum Gasteiger partial charge on any atom is 0.308 e. The minimum Gasteiger partial charge on any atom is -0.466 e. The quantitative estimate of drug-likeness (QED) is 0.495. The minimum atomic E-state index is -1.15. The smallest absolute Gasteiger partial charge is 0.308 e. The summed E-state index contributed by atoms with van der Waals surface area (Å²) in [7, 11) is 0. The van der Waals surface area contributed by atoms with Gasteiger partial charge in [-0.15, -0.1) is 0 Å². The van der Waals surface area contributed by atoms with Crippen LogP contribution in [0.25, 0.3) is 0 Å². The molecule has 4 N–H and O–H groups in total. The van der Waals surface area contributed by atoms with E-state index >= 15 is 0 Å². The number of hydrogen-bond acceptors (Lipinski definition) is 5. The van der Waals surface area contributed by atoms with Crippen LogP contribution in [-0.2, 0) is 30.3 Å². The van der Waals surface area contributed by atoms with Crippen molar-refractivity contribution in [2.75, 3.05) is 6.61 Å². The lowest BCUT2D eigenvalue weighted by Gasteiger charge is -2.23. The van der Waals surface area contributed by atoms with Crippen molar-refractivity contribution in [3.63, 3.8) is 0 Å². The maximum atomic E-state index is 13.9. The van der Waals surface area contributed by atoms with Gasteiger partial charge in [-0.1, -0.05) is 25.1 Å². The van der Waals surface area contributed by atoms with Crippen LogP contribution in [0.15, 0.2) is 24.3 Å². The van der Waals surface area contributed by atoms with E-state index in [-0.39, 0.29) is 25.0 Å². The molecule has 0 aliphatic rings. The van der Waals surface area contributed by atoms with Crippen molar-refractivity contribution in [2.45, 2.75) is 45.7 Å². The number of ether oxygens (including phenoxy) is 1. The normalized spacial score (nSPS) is 13.7. The highest BCUT2D eigenvalue weighted by molar-refractivity contribution is 5.91. The van der Waals surface area contributed by atoms with Crippen LogP contribution >= 0.6 is 0 Å². The molecule has 0 aliphatic heterocycles. The third kappa shape index (κ3) is 7.34. The SMILES string of the molecule is CCOC(=O)[C@H](C)C[C@H](NC(=O)[C@@H](Cc1ccccc1F)NC(C)=O)C(N)=O. The fourth-order valence-electron chi connectivity index (χ4n) is 2.59. The maximum absolute atomic E-state index is 13.9. The number of nitrogens with one attached hydrogen (secondary N) is 2. The molecule has 0 heterocycles. The van der Waals surface area contributed by atoms with Crippen LogP contribution in [0.4, 0.5) is 4.39 Å². The summed E-state index contributed by atoms with van der Waals surface area (Å²) in [6.45, 7) is 4.60. The largest absolute Gasteiger partial charge is 0.466 e. The van der Waals surface area contributed by atoms with Crippen LogP contribution in [-0.4, -0.2) is 42.4 Å². The highest BCUT2D eigenvalue weighted by Crippen LogP contribution is 2.12.